The summed E-state index contributed by atoms with van der Waals surface area (Å²) in [6.45, 7) is 3.13. The van der Waals surface area contributed by atoms with Crippen LogP contribution in [0.15, 0.2) is 95.9 Å². The molecule has 0 spiro atoms. The van der Waals surface area contributed by atoms with E-state index in [0.717, 1.165) is 21.0 Å². The lowest BCUT2D eigenvalue weighted by Gasteiger charge is -2.34. The monoisotopic (exact) mass is 671 g/mol. The Morgan fingerprint density at radius 3 is 2.09 bits per heavy atom. The summed E-state index contributed by atoms with van der Waals surface area (Å²) in [6, 6.07) is 24.1. The first-order valence-electron chi connectivity index (χ1n) is 13.7. The van der Waals surface area contributed by atoms with Crippen LogP contribution in [0, 0.1) is 13.8 Å². The van der Waals surface area contributed by atoms with Crippen LogP contribution in [-0.4, -0.2) is 44.8 Å². The second kappa shape index (κ2) is 14.5. The molecule has 0 aliphatic heterocycles. The standard InChI is InChI=1S/C33H32Cl3N3O4S/c1-22-9-14-28(17-23(22)2)39(44(42,43)29-15-12-26(34)13-16-29)21-32(40)38(20-25-10-11-27(35)19-30(25)36)31(33(41)37-3)18-24-7-5-4-6-8-24/h4-17,19,31H,18,20-21H2,1-3H3,(H,37,41). The summed E-state index contributed by atoms with van der Waals surface area (Å²) in [4.78, 5) is 29.1. The molecule has 0 saturated heterocycles. The largest absolute Gasteiger partial charge is 0.357 e. The maximum absolute atomic E-state index is 14.4. The highest BCUT2D eigenvalue weighted by Gasteiger charge is 2.34. The van der Waals surface area contributed by atoms with Crippen molar-refractivity contribution < 1.29 is 18.0 Å². The minimum atomic E-state index is -4.24. The average Bonchev–Trinajstić information content (AvgIpc) is 3.00. The molecule has 0 aliphatic rings. The molecule has 0 saturated carbocycles. The molecule has 0 aromatic heterocycles. The number of carbonyl (C=O) groups is 2. The minimum Gasteiger partial charge on any atom is -0.357 e. The Morgan fingerprint density at radius 2 is 1.48 bits per heavy atom. The molecule has 4 aromatic carbocycles. The number of nitrogens with one attached hydrogen (secondary N) is 1. The normalized spacial score (nSPS) is 12.0. The number of rotatable bonds is 11. The number of benzene rings is 4. The fraction of sp³-hybridized carbons (Fsp3) is 0.212. The van der Waals surface area contributed by atoms with E-state index in [0.29, 0.717) is 26.3 Å². The van der Waals surface area contributed by atoms with Crippen LogP contribution in [0.4, 0.5) is 5.69 Å². The molecule has 1 N–H and O–H groups in total. The molecule has 2 amide bonds. The average molecular weight is 673 g/mol. The number of nitrogens with zero attached hydrogens (tertiary/aromatic N) is 2. The van der Waals surface area contributed by atoms with E-state index >= 15 is 0 Å². The molecule has 7 nitrogen and oxygen atoms in total. The molecule has 0 radical (unpaired) electrons. The number of aryl methyl sites for hydroxylation is 2. The van der Waals surface area contributed by atoms with Crippen LogP contribution in [-0.2, 0) is 32.6 Å². The van der Waals surface area contributed by atoms with E-state index in [4.69, 9.17) is 34.8 Å². The van der Waals surface area contributed by atoms with Crippen molar-refractivity contribution in [3.63, 3.8) is 0 Å². The number of carbonyl (C=O) groups excluding carboxylic acids is 2. The first kappa shape index (κ1) is 33.3. The lowest BCUT2D eigenvalue weighted by molar-refractivity contribution is -0.139. The second-order valence-corrected chi connectivity index (χ2v) is 13.5. The van der Waals surface area contributed by atoms with Crippen molar-refractivity contribution in [1.29, 1.82) is 0 Å². The fourth-order valence-electron chi connectivity index (χ4n) is 4.70. The van der Waals surface area contributed by atoms with Gasteiger partial charge in [0.15, 0.2) is 0 Å². The van der Waals surface area contributed by atoms with E-state index in [1.165, 1.54) is 36.2 Å². The highest BCUT2D eigenvalue weighted by molar-refractivity contribution is 7.92. The maximum Gasteiger partial charge on any atom is 0.264 e. The molecule has 4 rings (SSSR count). The van der Waals surface area contributed by atoms with Gasteiger partial charge < -0.3 is 10.2 Å². The Morgan fingerprint density at radius 1 is 0.818 bits per heavy atom. The van der Waals surface area contributed by atoms with Crippen LogP contribution in [0.1, 0.15) is 22.3 Å². The SMILES string of the molecule is CNC(=O)C(Cc1ccccc1)N(Cc1ccc(Cl)cc1Cl)C(=O)CN(c1ccc(C)c(C)c1)S(=O)(=O)c1ccc(Cl)cc1. The molecule has 11 heteroatoms. The number of anilines is 1. The molecule has 4 aromatic rings. The summed E-state index contributed by atoms with van der Waals surface area (Å²) < 4.78 is 29.3. The number of hydrogen-bond donors (Lipinski definition) is 1. The Labute approximate surface area is 273 Å². The molecule has 1 unspecified atom stereocenters. The molecule has 0 fully saturated rings. The van der Waals surface area contributed by atoms with Crippen LogP contribution in [0.5, 0.6) is 0 Å². The van der Waals surface area contributed by atoms with Crippen LogP contribution in [0.2, 0.25) is 15.1 Å². The smallest absolute Gasteiger partial charge is 0.264 e. The molecule has 0 aliphatic carbocycles. The van der Waals surface area contributed by atoms with Crippen LogP contribution in [0.3, 0.4) is 0 Å². The fourth-order valence-corrected chi connectivity index (χ4v) is 6.70. The molecule has 0 bridgehead atoms. The summed E-state index contributed by atoms with van der Waals surface area (Å²) in [7, 11) is -2.75. The molecule has 44 heavy (non-hydrogen) atoms. The van der Waals surface area contributed by atoms with Gasteiger partial charge in [-0.2, -0.15) is 0 Å². The number of halogens is 3. The van der Waals surface area contributed by atoms with Gasteiger partial charge in [-0.05, 0) is 84.6 Å². The van der Waals surface area contributed by atoms with Gasteiger partial charge in [0.25, 0.3) is 10.0 Å². The summed E-state index contributed by atoms with van der Waals surface area (Å²) >= 11 is 18.7. The first-order chi connectivity index (χ1) is 20.9. The zero-order chi connectivity index (χ0) is 32.0. The summed E-state index contributed by atoms with van der Waals surface area (Å²) in [5.74, 6) is -1.01. The van der Waals surface area contributed by atoms with Crippen LogP contribution >= 0.6 is 34.8 Å². The summed E-state index contributed by atoms with van der Waals surface area (Å²) in [5.41, 5.74) is 3.49. The quantitative estimate of drug-likeness (QED) is 0.189. The van der Waals surface area contributed by atoms with Crippen molar-refractivity contribution in [2.45, 2.75) is 37.8 Å². The van der Waals surface area contributed by atoms with E-state index in [9.17, 15) is 18.0 Å². The third-order valence-corrected chi connectivity index (χ3v) is 9.96. The van der Waals surface area contributed by atoms with Gasteiger partial charge in [-0.1, -0.05) is 77.3 Å². The maximum atomic E-state index is 14.4. The zero-order valence-corrected chi connectivity index (χ0v) is 27.5. The van der Waals surface area contributed by atoms with Crippen molar-refractivity contribution in [2.75, 3.05) is 17.9 Å². The lowest BCUT2D eigenvalue weighted by atomic mass is 10.0. The number of sulfonamides is 1. The van der Waals surface area contributed by atoms with Gasteiger partial charge in [0.1, 0.15) is 12.6 Å². The molecular weight excluding hydrogens is 641 g/mol. The van der Waals surface area contributed by atoms with Gasteiger partial charge >= 0.3 is 0 Å². The Bertz CT molecular complexity index is 1750. The van der Waals surface area contributed by atoms with Crippen molar-refractivity contribution >= 4 is 62.3 Å². The molecule has 1 atom stereocenters. The van der Waals surface area contributed by atoms with E-state index in [-0.39, 0.29) is 17.9 Å². The van der Waals surface area contributed by atoms with Crippen molar-refractivity contribution in [1.82, 2.24) is 10.2 Å². The Kier molecular flexibility index (Phi) is 11.0. The number of amides is 2. The summed E-state index contributed by atoms with van der Waals surface area (Å²) in [6.07, 6.45) is 0.186. The molecule has 230 valence electrons. The highest BCUT2D eigenvalue weighted by Crippen LogP contribution is 2.29. The first-order valence-corrected chi connectivity index (χ1v) is 16.3. The summed E-state index contributed by atoms with van der Waals surface area (Å²) in [5, 5.41) is 3.76. The van der Waals surface area contributed by atoms with Crippen molar-refractivity contribution in [3.05, 3.63) is 128 Å². The van der Waals surface area contributed by atoms with Crippen molar-refractivity contribution in [3.8, 4) is 0 Å². The predicted octanol–water partition coefficient (Wildman–Crippen LogP) is 6.85. The van der Waals surface area contributed by atoms with E-state index < -0.39 is 34.4 Å². The van der Waals surface area contributed by atoms with Gasteiger partial charge in [-0.15, -0.1) is 0 Å². The van der Waals surface area contributed by atoms with Gasteiger partial charge in [-0.3, -0.25) is 13.9 Å². The minimum absolute atomic E-state index is 0.0349. The third-order valence-electron chi connectivity index (χ3n) is 7.33. The molecule has 0 heterocycles. The Balaban J connectivity index is 1.82. The van der Waals surface area contributed by atoms with Gasteiger partial charge in [0.2, 0.25) is 11.8 Å². The van der Waals surface area contributed by atoms with Gasteiger partial charge in [-0.25, -0.2) is 8.42 Å². The number of likely N-dealkylation sites (N-methyl/N-ethyl adjacent to an activating group) is 1. The van der Waals surface area contributed by atoms with Gasteiger partial charge in [0, 0.05) is 35.1 Å². The van der Waals surface area contributed by atoms with Crippen LogP contribution in [0.25, 0.3) is 0 Å². The van der Waals surface area contributed by atoms with E-state index in [2.05, 4.69) is 5.32 Å². The van der Waals surface area contributed by atoms with Gasteiger partial charge in [0.05, 0.1) is 10.6 Å². The molecular formula is C33H32Cl3N3O4S. The third kappa shape index (κ3) is 7.93. The lowest BCUT2D eigenvalue weighted by Crippen LogP contribution is -2.53. The Hall–Kier alpha value is -3.56. The van der Waals surface area contributed by atoms with Crippen LogP contribution < -0.4 is 9.62 Å². The second-order valence-electron chi connectivity index (χ2n) is 10.3. The van der Waals surface area contributed by atoms with Crippen molar-refractivity contribution in [2.24, 2.45) is 0 Å². The number of hydrogen-bond acceptors (Lipinski definition) is 4. The zero-order valence-electron chi connectivity index (χ0n) is 24.4. The van der Waals surface area contributed by atoms with E-state index in [1.807, 2.05) is 44.2 Å². The topological polar surface area (TPSA) is 86.8 Å². The van der Waals surface area contributed by atoms with E-state index in [1.54, 1.807) is 36.4 Å². The highest BCUT2D eigenvalue weighted by atomic mass is 35.5. The predicted molar refractivity (Wildman–Crippen MR) is 177 cm³/mol.